The van der Waals surface area contributed by atoms with Gasteiger partial charge in [-0.15, -0.1) is 10.1 Å². The van der Waals surface area contributed by atoms with Crippen LogP contribution in [-0.2, 0) is 64.2 Å². The van der Waals surface area contributed by atoms with Crippen LogP contribution in [0.4, 0.5) is 11.9 Å². The number of hydrogen-bond donors (Lipinski definition) is 1. The Morgan fingerprint density at radius 3 is 1.48 bits per heavy atom. The van der Waals surface area contributed by atoms with E-state index in [2.05, 4.69) is 38.7 Å². The van der Waals surface area contributed by atoms with Crippen LogP contribution in [0.3, 0.4) is 0 Å². The average molecular weight is 1270 g/mol. The smallest absolute Gasteiger partial charge is 0.333 e. The van der Waals surface area contributed by atoms with E-state index in [1.54, 1.807) is 6.20 Å². The number of nitrogens with zero attached hydrogens (tertiary/aromatic N) is 12. The van der Waals surface area contributed by atoms with Crippen LogP contribution in [0.1, 0.15) is 93.1 Å². The number of amides is 6. The van der Waals surface area contributed by atoms with Crippen molar-refractivity contribution in [2.75, 3.05) is 82.8 Å². The maximum Gasteiger partial charge on any atom is 0.333 e. The second-order valence-electron chi connectivity index (χ2n) is 24.2. The predicted octanol–water partition coefficient (Wildman–Crippen LogP) is 6.49. The van der Waals surface area contributed by atoms with Gasteiger partial charge in [-0.1, -0.05) is 72.8 Å². The van der Waals surface area contributed by atoms with Crippen LogP contribution in [0.2, 0.25) is 0 Å². The number of nitrogens with one attached hydrogen (secondary N) is 1. The minimum atomic E-state index is -0.727. The highest BCUT2D eigenvalue weighted by Crippen LogP contribution is 2.43. The molecule has 6 aliphatic rings. The molecule has 6 amide bonds. The average Bonchev–Trinajstić information content (AvgIpc) is 1.56. The lowest BCUT2D eigenvalue weighted by Gasteiger charge is -2.32. The van der Waals surface area contributed by atoms with Crippen molar-refractivity contribution >= 4 is 137 Å². The summed E-state index contributed by atoms with van der Waals surface area (Å²) in [4.78, 5) is 170. The highest BCUT2D eigenvalue weighted by molar-refractivity contribution is 6.52. The molecular formula is C69H67N13O12. The van der Waals surface area contributed by atoms with Gasteiger partial charge in [0, 0.05) is 166 Å². The van der Waals surface area contributed by atoms with E-state index in [9.17, 15) is 47.9 Å². The first-order valence-electron chi connectivity index (χ1n) is 31.7. The SMILES string of the molecule is CN1CCN(c2nc(C3=C(c4c[nH]c5ccccc45)C(=O)N(CCCCC(=O)ON4C(=O)CCC4=O)C3=O)c3ccccc3n2)CC1.CN1CCN(c2nc(C3=C(c4cn(CCCCC(=O)ON5C(=O)CCC5=O)c5ccccc45)C(=O)CC3=O)c3ccccc3n2)CC1. The van der Waals surface area contributed by atoms with Crippen LogP contribution in [0.5, 0.6) is 0 Å². The third-order valence-electron chi connectivity index (χ3n) is 17.9. The van der Waals surface area contributed by atoms with Crippen molar-refractivity contribution in [1.29, 1.82) is 0 Å². The minimum absolute atomic E-state index is 0.0118. The maximum atomic E-state index is 14.3. The van der Waals surface area contributed by atoms with Crippen molar-refractivity contribution in [3.8, 4) is 0 Å². The van der Waals surface area contributed by atoms with Crippen molar-refractivity contribution < 1.29 is 57.6 Å². The Labute approximate surface area is 538 Å². The lowest BCUT2D eigenvalue weighted by Crippen LogP contribution is -2.45. The second-order valence-corrected chi connectivity index (χ2v) is 24.2. The Hall–Kier alpha value is -10.7. The number of anilines is 2. The number of likely N-dealkylation sites (N-methyl/N-ethyl adjacent to an activating group) is 2. The Kier molecular flexibility index (Phi) is 17.5. The number of hydroxylamine groups is 4. The number of rotatable bonds is 18. The van der Waals surface area contributed by atoms with Crippen molar-refractivity contribution in [2.45, 2.75) is 77.2 Å². The molecule has 0 unspecified atom stereocenters. The number of hydrogen-bond acceptors (Lipinski definition) is 20. The molecule has 4 saturated heterocycles. The normalized spacial score (nSPS) is 17.7. The van der Waals surface area contributed by atoms with Gasteiger partial charge in [-0.3, -0.25) is 43.3 Å². The van der Waals surface area contributed by atoms with E-state index in [1.165, 1.54) is 4.90 Å². The Bertz CT molecular complexity index is 4500. The molecule has 9 heterocycles. The topological polar surface area (TPSA) is 284 Å². The van der Waals surface area contributed by atoms with Crippen LogP contribution in [-0.4, -0.2) is 186 Å². The molecule has 4 fully saturated rings. The van der Waals surface area contributed by atoms with Gasteiger partial charge in [-0.25, -0.2) is 29.5 Å². The van der Waals surface area contributed by atoms with E-state index in [-0.39, 0.29) is 80.6 Å². The maximum absolute atomic E-state index is 14.3. The predicted molar refractivity (Wildman–Crippen MR) is 346 cm³/mol. The zero-order valence-electron chi connectivity index (χ0n) is 52.0. The zero-order chi connectivity index (χ0) is 65.3. The molecular weight excluding hydrogens is 1200 g/mol. The molecule has 4 aromatic heterocycles. The lowest BCUT2D eigenvalue weighted by molar-refractivity contribution is -0.197. The number of aromatic amines is 1. The molecule has 1 aliphatic carbocycles. The largest absolute Gasteiger partial charge is 0.361 e. The Morgan fingerprint density at radius 1 is 0.468 bits per heavy atom. The number of aromatic nitrogens is 6. The number of imide groups is 3. The summed E-state index contributed by atoms with van der Waals surface area (Å²) in [6.07, 6.45) is 5.13. The molecule has 4 aromatic carbocycles. The van der Waals surface area contributed by atoms with Crippen molar-refractivity contribution in [1.82, 2.24) is 54.3 Å². The summed E-state index contributed by atoms with van der Waals surface area (Å²) < 4.78 is 2.03. The number of ketones is 2. The van der Waals surface area contributed by atoms with Gasteiger partial charge in [-0.05, 0) is 64.0 Å². The molecule has 94 heavy (non-hydrogen) atoms. The van der Waals surface area contributed by atoms with Crippen molar-refractivity contribution in [3.63, 3.8) is 0 Å². The van der Waals surface area contributed by atoms with Gasteiger partial charge in [0.2, 0.25) is 11.9 Å². The highest BCUT2D eigenvalue weighted by Gasteiger charge is 2.43. The summed E-state index contributed by atoms with van der Waals surface area (Å²) in [5.41, 5.74) is 6.39. The van der Waals surface area contributed by atoms with Crippen LogP contribution in [0.15, 0.2) is 109 Å². The summed E-state index contributed by atoms with van der Waals surface area (Å²) in [5.74, 6) is -3.85. The molecule has 1 N–H and O–H groups in total. The first kappa shape index (κ1) is 62.2. The third kappa shape index (κ3) is 12.3. The lowest BCUT2D eigenvalue weighted by atomic mass is 9.97. The van der Waals surface area contributed by atoms with Crippen LogP contribution >= 0.6 is 0 Å². The number of aryl methyl sites for hydroxylation is 1. The molecule has 0 saturated carbocycles. The number of H-pyrrole nitrogens is 1. The number of unbranched alkanes of at least 4 members (excludes halogenated alkanes) is 2. The van der Waals surface area contributed by atoms with Gasteiger partial charge in [0.1, 0.15) is 0 Å². The third-order valence-corrected chi connectivity index (χ3v) is 17.9. The number of piperazine rings is 2. The van der Waals surface area contributed by atoms with Gasteiger partial charge in [0.25, 0.3) is 35.4 Å². The first-order valence-corrected chi connectivity index (χ1v) is 31.7. The molecule has 0 atom stereocenters. The van der Waals surface area contributed by atoms with Crippen molar-refractivity contribution in [3.05, 3.63) is 132 Å². The highest BCUT2D eigenvalue weighted by atomic mass is 16.7. The number of fused-ring (bicyclic) bond motifs is 4. The van der Waals surface area contributed by atoms with E-state index in [4.69, 9.17) is 29.6 Å². The van der Waals surface area contributed by atoms with E-state index in [0.717, 1.165) is 74.2 Å². The molecule has 480 valence electrons. The molecule has 0 bridgehead atoms. The fraction of sp³-hybridized carbons (Fsp3) is 0.333. The van der Waals surface area contributed by atoms with E-state index < -0.39 is 47.4 Å². The number of benzene rings is 4. The number of carbonyl (C=O) groups excluding carboxylic acids is 10. The van der Waals surface area contributed by atoms with Gasteiger partial charge in [0.05, 0.1) is 45.6 Å². The number of allylic oxidation sites excluding steroid dienone is 2. The van der Waals surface area contributed by atoms with Crippen molar-refractivity contribution in [2.24, 2.45) is 0 Å². The summed E-state index contributed by atoms with van der Waals surface area (Å²) in [7, 11) is 4.15. The number of Topliss-reactive ketones (excluding diaryl/α,β-unsaturated/α-hetero) is 2. The van der Waals surface area contributed by atoms with Crippen LogP contribution in [0, 0.1) is 0 Å². The minimum Gasteiger partial charge on any atom is -0.361 e. The molecule has 25 heteroatoms. The Balaban J connectivity index is 0.000000171. The van der Waals surface area contributed by atoms with Gasteiger partial charge < -0.3 is 38.8 Å². The quantitative estimate of drug-likeness (QED) is 0.0546. The fourth-order valence-electron chi connectivity index (χ4n) is 12.8. The molecule has 14 rings (SSSR count). The summed E-state index contributed by atoms with van der Waals surface area (Å²) in [5, 5.41) is 4.10. The molecule has 0 radical (unpaired) electrons. The van der Waals surface area contributed by atoms with Gasteiger partial charge >= 0.3 is 11.9 Å². The van der Waals surface area contributed by atoms with Gasteiger partial charge in [0.15, 0.2) is 11.6 Å². The number of para-hydroxylation sites is 4. The molecule has 0 spiro atoms. The summed E-state index contributed by atoms with van der Waals surface area (Å²) in [6.45, 7) is 6.98. The fourth-order valence-corrected chi connectivity index (χ4v) is 12.8. The summed E-state index contributed by atoms with van der Waals surface area (Å²) >= 11 is 0. The van der Waals surface area contributed by atoms with E-state index in [1.807, 2.05) is 108 Å². The molecule has 8 aromatic rings. The first-order chi connectivity index (χ1) is 45.6. The Morgan fingerprint density at radius 2 is 0.926 bits per heavy atom. The molecule has 5 aliphatic heterocycles. The standard InChI is InChI=1S/C35H34N6O6.C34H33N7O6/c1-38-16-18-39(19-17-38)35-36-25-10-4-2-9-23(25)34(37-35)33-28(43)20-27(42)32(33)24-21-40(26-11-5-3-8-22(24)26)15-7-6-12-31(46)47-41-29(44)13-14-30(41)45;1-38-16-18-39(19-17-38)34-36-25-11-5-3-9-22(25)31(37-34)30-29(23-20-35-24-10-4-2-8-21(23)24)32(45)40(33(30)46)15-7-6-12-28(44)47-41-26(42)13-14-27(41)43/h2-5,8-11,21H,6-7,12-20H2,1H3;2-5,8-11,20,35H,6-7,12-19H2,1H3. The zero-order valence-corrected chi connectivity index (χ0v) is 52.0. The van der Waals surface area contributed by atoms with Crippen LogP contribution < -0.4 is 9.80 Å². The van der Waals surface area contributed by atoms with E-state index in [0.29, 0.717) is 103 Å². The van der Waals surface area contributed by atoms with E-state index >= 15 is 0 Å². The monoisotopic (exact) mass is 1270 g/mol. The van der Waals surface area contributed by atoms with Crippen LogP contribution in [0.25, 0.3) is 65.9 Å². The van der Waals surface area contributed by atoms with Gasteiger partial charge in [-0.2, -0.15) is 0 Å². The second kappa shape index (κ2) is 26.5. The summed E-state index contributed by atoms with van der Waals surface area (Å²) in [6, 6.07) is 30.4. The molecule has 25 nitrogen and oxygen atoms in total. The number of carbonyl (C=O) groups is 10.